The molecule has 0 amide bonds. The Bertz CT molecular complexity index is 611. The van der Waals surface area contributed by atoms with Crippen molar-refractivity contribution in [3.05, 3.63) is 71.8 Å². The Morgan fingerprint density at radius 1 is 0.571 bits per heavy atom. The van der Waals surface area contributed by atoms with E-state index in [4.69, 9.17) is 23.7 Å². The van der Waals surface area contributed by atoms with Gasteiger partial charge in [-0.3, -0.25) is 0 Å². The minimum Gasteiger partial charge on any atom is -0.384 e. The van der Waals surface area contributed by atoms with Gasteiger partial charge in [0.2, 0.25) is 0 Å². The molecule has 2 rings (SSSR count). The van der Waals surface area contributed by atoms with E-state index < -0.39 is 0 Å². The molecule has 0 heterocycles. The molecule has 154 valence electrons. The van der Waals surface area contributed by atoms with Crippen LogP contribution in [0, 0.1) is 5.41 Å². The molecule has 0 atom stereocenters. The zero-order valence-electron chi connectivity index (χ0n) is 17.0. The van der Waals surface area contributed by atoms with E-state index in [2.05, 4.69) is 12.1 Å². The van der Waals surface area contributed by atoms with Crippen LogP contribution in [-0.4, -0.2) is 53.9 Å². The van der Waals surface area contributed by atoms with Gasteiger partial charge in [-0.2, -0.15) is 0 Å². The Kier molecular flexibility index (Phi) is 10.8. The Morgan fingerprint density at radius 2 is 1.04 bits per heavy atom. The molecule has 0 fully saturated rings. The summed E-state index contributed by atoms with van der Waals surface area (Å²) in [5.41, 5.74) is 1.95. The summed E-state index contributed by atoms with van der Waals surface area (Å²) in [6.45, 7) is 4.17. The summed E-state index contributed by atoms with van der Waals surface area (Å²) < 4.78 is 28.4. The lowest BCUT2D eigenvalue weighted by Gasteiger charge is -2.32. The van der Waals surface area contributed by atoms with Gasteiger partial charge >= 0.3 is 0 Å². The van der Waals surface area contributed by atoms with E-state index in [1.165, 1.54) is 0 Å². The van der Waals surface area contributed by atoms with Gasteiger partial charge in [0.25, 0.3) is 0 Å². The van der Waals surface area contributed by atoms with Gasteiger partial charge in [0, 0.05) is 14.2 Å². The van der Waals surface area contributed by atoms with E-state index in [-0.39, 0.29) is 5.41 Å². The predicted octanol–water partition coefficient (Wildman–Crippen LogP) is 3.72. The van der Waals surface area contributed by atoms with Crippen molar-refractivity contribution in [2.45, 2.75) is 13.2 Å². The van der Waals surface area contributed by atoms with E-state index in [1.807, 2.05) is 48.5 Å². The van der Waals surface area contributed by atoms with Crippen LogP contribution in [-0.2, 0) is 36.9 Å². The fraction of sp³-hybridized carbons (Fsp3) is 0.478. The van der Waals surface area contributed by atoms with Crippen molar-refractivity contribution in [2.24, 2.45) is 5.41 Å². The molecule has 5 nitrogen and oxygen atoms in total. The molecule has 2 aromatic rings. The summed E-state index contributed by atoms with van der Waals surface area (Å²) in [5, 5.41) is 0. The van der Waals surface area contributed by atoms with E-state index >= 15 is 0 Å². The van der Waals surface area contributed by atoms with Crippen molar-refractivity contribution in [3.8, 4) is 0 Å². The zero-order valence-corrected chi connectivity index (χ0v) is 17.0. The molecule has 0 unspecified atom stereocenters. The Balaban J connectivity index is 1.73. The van der Waals surface area contributed by atoms with Gasteiger partial charge in [-0.1, -0.05) is 60.7 Å². The fourth-order valence-electron chi connectivity index (χ4n) is 2.99. The number of ether oxygens (including phenoxy) is 5. The summed E-state index contributed by atoms with van der Waals surface area (Å²) in [4.78, 5) is 0. The molecule has 0 aliphatic heterocycles. The molecule has 0 aliphatic rings. The molecule has 0 radical (unpaired) electrons. The van der Waals surface area contributed by atoms with Crippen LogP contribution in [0.4, 0.5) is 0 Å². The third kappa shape index (κ3) is 8.50. The minimum absolute atomic E-state index is 0.349. The molecule has 5 heteroatoms. The van der Waals surface area contributed by atoms with Crippen molar-refractivity contribution >= 4 is 0 Å². The molecule has 0 N–H and O–H groups in total. The SMILES string of the molecule is COCC(COC)(COCCOCc1ccccc1)COCc1ccccc1. The van der Waals surface area contributed by atoms with Crippen LogP contribution < -0.4 is 0 Å². The van der Waals surface area contributed by atoms with Gasteiger partial charge in [0.15, 0.2) is 0 Å². The molecule has 0 aliphatic carbocycles. The Labute approximate surface area is 168 Å². The highest BCUT2D eigenvalue weighted by atomic mass is 16.5. The lowest BCUT2D eigenvalue weighted by atomic mass is 9.92. The van der Waals surface area contributed by atoms with Gasteiger partial charge in [0.1, 0.15) is 0 Å². The first-order chi connectivity index (χ1) is 13.8. The highest BCUT2D eigenvalue weighted by molar-refractivity contribution is 5.14. The number of hydrogen-bond acceptors (Lipinski definition) is 5. The second-order valence-electron chi connectivity index (χ2n) is 6.94. The molecule has 0 spiro atoms. The highest BCUT2D eigenvalue weighted by Gasteiger charge is 2.31. The Morgan fingerprint density at radius 3 is 1.57 bits per heavy atom. The topological polar surface area (TPSA) is 46.2 Å². The standard InChI is InChI=1S/C23H32O5/c1-24-17-23(18-25-2,20-28-16-22-11-7-4-8-12-22)19-27-14-13-26-15-21-9-5-3-6-10-21/h3-12H,13-20H2,1-2H3. The summed E-state index contributed by atoms with van der Waals surface area (Å²) in [6.07, 6.45) is 0. The average Bonchev–Trinajstić information content (AvgIpc) is 2.72. The van der Waals surface area contributed by atoms with Crippen molar-refractivity contribution in [1.29, 1.82) is 0 Å². The molecule has 2 aromatic carbocycles. The lowest BCUT2D eigenvalue weighted by Crippen LogP contribution is -2.41. The van der Waals surface area contributed by atoms with Crippen LogP contribution in [0.15, 0.2) is 60.7 Å². The minimum atomic E-state index is -0.349. The van der Waals surface area contributed by atoms with Crippen LogP contribution in [0.2, 0.25) is 0 Å². The van der Waals surface area contributed by atoms with Crippen LogP contribution in [0.25, 0.3) is 0 Å². The maximum Gasteiger partial charge on any atom is 0.0718 e. The summed E-state index contributed by atoms with van der Waals surface area (Å²) in [7, 11) is 3.37. The number of rotatable bonds is 15. The van der Waals surface area contributed by atoms with E-state index in [0.717, 1.165) is 11.1 Å². The van der Waals surface area contributed by atoms with Gasteiger partial charge in [-0.05, 0) is 11.1 Å². The normalized spacial score (nSPS) is 11.6. The lowest BCUT2D eigenvalue weighted by molar-refractivity contribution is -0.101. The predicted molar refractivity (Wildman–Crippen MR) is 109 cm³/mol. The Hall–Kier alpha value is -1.76. The first-order valence-corrected chi connectivity index (χ1v) is 9.57. The molecular weight excluding hydrogens is 356 g/mol. The van der Waals surface area contributed by atoms with Crippen molar-refractivity contribution in [3.63, 3.8) is 0 Å². The number of benzene rings is 2. The maximum atomic E-state index is 5.96. The van der Waals surface area contributed by atoms with Crippen LogP contribution in [0.3, 0.4) is 0 Å². The van der Waals surface area contributed by atoms with Crippen LogP contribution in [0.5, 0.6) is 0 Å². The summed E-state index contributed by atoms with van der Waals surface area (Å²) in [5.74, 6) is 0. The molecule has 0 bridgehead atoms. The van der Waals surface area contributed by atoms with Crippen LogP contribution >= 0.6 is 0 Å². The zero-order chi connectivity index (χ0) is 19.9. The first kappa shape index (κ1) is 22.5. The van der Waals surface area contributed by atoms with Gasteiger partial charge in [0.05, 0.1) is 58.3 Å². The highest BCUT2D eigenvalue weighted by Crippen LogP contribution is 2.21. The van der Waals surface area contributed by atoms with E-state index in [1.54, 1.807) is 14.2 Å². The molecule has 0 aromatic heterocycles. The fourth-order valence-corrected chi connectivity index (χ4v) is 2.99. The molecule has 0 saturated carbocycles. The molecule has 0 saturated heterocycles. The van der Waals surface area contributed by atoms with E-state index in [0.29, 0.717) is 52.9 Å². The van der Waals surface area contributed by atoms with Crippen molar-refractivity contribution < 1.29 is 23.7 Å². The van der Waals surface area contributed by atoms with Crippen LogP contribution in [0.1, 0.15) is 11.1 Å². The third-order valence-electron chi connectivity index (χ3n) is 4.31. The first-order valence-electron chi connectivity index (χ1n) is 9.57. The van der Waals surface area contributed by atoms with Gasteiger partial charge in [-0.25, -0.2) is 0 Å². The van der Waals surface area contributed by atoms with E-state index in [9.17, 15) is 0 Å². The summed E-state index contributed by atoms with van der Waals surface area (Å²) in [6, 6.07) is 20.2. The summed E-state index contributed by atoms with van der Waals surface area (Å²) >= 11 is 0. The van der Waals surface area contributed by atoms with Crippen molar-refractivity contribution in [2.75, 3.05) is 53.9 Å². The number of methoxy groups -OCH3 is 2. The van der Waals surface area contributed by atoms with Gasteiger partial charge < -0.3 is 23.7 Å². The maximum absolute atomic E-state index is 5.96. The average molecular weight is 389 g/mol. The second-order valence-corrected chi connectivity index (χ2v) is 6.94. The quantitative estimate of drug-likeness (QED) is 0.435. The molecule has 28 heavy (non-hydrogen) atoms. The second kappa shape index (κ2) is 13.4. The largest absolute Gasteiger partial charge is 0.384 e. The number of hydrogen-bond donors (Lipinski definition) is 0. The third-order valence-corrected chi connectivity index (χ3v) is 4.31. The molecular formula is C23H32O5. The smallest absolute Gasteiger partial charge is 0.0718 e. The van der Waals surface area contributed by atoms with Crippen molar-refractivity contribution in [1.82, 2.24) is 0 Å². The van der Waals surface area contributed by atoms with Gasteiger partial charge in [-0.15, -0.1) is 0 Å². The monoisotopic (exact) mass is 388 g/mol.